The highest BCUT2D eigenvalue weighted by atomic mass is 16.5. The maximum Gasteiger partial charge on any atom is 0.191 e. The van der Waals surface area contributed by atoms with Gasteiger partial charge < -0.3 is 15.4 Å². The minimum absolute atomic E-state index is 0.339. The van der Waals surface area contributed by atoms with E-state index >= 15 is 0 Å². The minimum Gasteiger partial charge on any atom is -0.373 e. The van der Waals surface area contributed by atoms with E-state index in [0.29, 0.717) is 24.3 Å². The van der Waals surface area contributed by atoms with Crippen molar-refractivity contribution >= 4 is 5.96 Å². The summed E-state index contributed by atoms with van der Waals surface area (Å²) in [6, 6.07) is 11.8. The number of rotatable bonds is 7. The van der Waals surface area contributed by atoms with Gasteiger partial charge in [0, 0.05) is 58.4 Å². The highest BCUT2D eigenvalue weighted by Gasteiger charge is 2.26. The molecule has 6 heteroatoms. The maximum atomic E-state index is 5.82. The molecule has 2 saturated heterocycles. The number of nitrogens with zero attached hydrogens (tertiary/aromatic N) is 3. The Balaban J connectivity index is 1.35. The lowest BCUT2D eigenvalue weighted by Gasteiger charge is -2.38. The van der Waals surface area contributed by atoms with Crippen molar-refractivity contribution in [3.8, 4) is 0 Å². The fraction of sp³-hybridized carbons (Fsp3) is 0.708. The number of aliphatic imine (C=N–C) groups is 1. The van der Waals surface area contributed by atoms with Crippen molar-refractivity contribution < 1.29 is 4.74 Å². The average Bonchev–Trinajstić information content (AvgIpc) is 2.72. The molecule has 2 fully saturated rings. The van der Waals surface area contributed by atoms with E-state index in [-0.39, 0.29) is 0 Å². The number of hydrogen-bond donors (Lipinski definition) is 2. The normalized spacial score (nSPS) is 29.0. The smallest absolute Gasteiger partial charge is 0.191 e. The third-order valence-corrected chi connectivity index (χ3v) is 6.25. The fourth-order valence-electron chi connectivity index (χ4n) is 4.77. The monoisotopic (exact) mass is 415 g/mol. The van der Waals surface area contributed by atoms with Crippen LogP contribution in [0.3, 0.4) is 0 Å². The molecule has 168 valence electrons. The zero-order chi connectivity index (χ0) is 21.3. The number of ether oxygens (including phenoxy) is 1. The Morgan fingerprint density at radius 3 is 2.53 bits per heavy atom. The van der Waals surface area contributed by atoms with Gasteiger partial charge in [-0.05, 0) is 45.6 Å². The number of morpholine rings is 1. The van der Waals surface area contributed by atoms with Crippen molar-refractivity contribution in [3.05, 3.63) is 35.9 Å². The summed E-state index contributed by atoms with van der Waals surface area (Å²) in [6.45, 7) is 13.0. The van der Waals surface area contributed by atoms with Crippen molar-refractivity contribution in [3.63, 3.8) is 0 Å². The number of benzene rings is 1. The molecule has 0 spiro atoms. The number of guanidine groups is 1. The van der Waals surface area contributed by atoms with Crippen LogP contribution in [0.15, 0.2) is 35.3 Å². The molecule has 0 saturated carbocycles. The van der Waals surface area contributed by atoms with Gasteiger partial charge in [0.2, 0.25) is 0 Å². The second-order valence-corrected chi connectivity index (χ2v) is 9.04. The van der Waals surface area contributed by atoms with Crippen molar-refractivity contribution in [2.24, 2.45) is 4.99 Å². The Labute approximate surface area is 183 Å². The fourth-order valence-corrected chi connectivity index (χ4v) is 4.77. The standard InChI is InChI=1S/C24H41N5O/c1-19-15-23(11-14-29(19)18-22-9-6-5-7-10-22)27-24(25-4)26-12-8-13-28-16-20(2)30-21(3)17-28/h5-7,9-10,19-21,23H,8,11-18H2,1-4H3,(H2,25,26,27). The lowest BCUT2D eigenvalue weighted by Crippen LogP contribution is -2.51. The average molecular weight is 416 g/mol. The predicted molar refractivity (Wildman–Crippen MR) is 125 cm³/mol. The Hall–Kier alpha value is -1.63. The lowest BCUT2D eigenvalue weighted by molar-refractivity contribution is -0.0679. The molecular formula is C24H41N5O. The first-order valence-corrected chi connectivity index (χ1v) is 11.7. The zero-order valence-electron chi connectivity index (χ0n) is 19.3. The molecular weight excluding hydrogens is 374 g/mol. The summed E-state index contributed by atoms with van der Waals surface area (Å²) < 4.78 is 5.82. The van der Waals surface area contributed by atoms with E-state index in [0.717, 1.165) is 64.5 Å². The SMILES string of the molecule is CN=C(NCCCN1CC(C)OC(C)C1)NC1CCN(Cc2ccccc2)C(C)C1. The molecule has 0 radical (unpaired) electrons. The van der Waals surface area contributed by atoms with Gasteiger partial charge in [-0.15, -0.1) is 0 Å². The molecule has 3 rings (SSSR count). The van der Waals surface area contributed by atoms with E-state index in [4.69, 9.17) is 4.74 Å². The van der Waals surface area contributed by atoms with E-state index in [9.17, 15) is 0 Å². The number of likely N-dealkylation sites (tertiary alicyclic amines) is 1. The molecule has 4 unspecified atom stereocenters. The molecule has 6 nitrogen and oxygen atoms in total. The predicted octanol–water partition coefficient (Wildman–Crippen LogP) is 2.70. The first-order valence-electron chi connectivity index (χ1n) is 11.7. The van der Waals surface area contributed by atoms with Crippen LogP contribution in [0.5, 0.6) is 0 Å². The Morgan fingerprint density at radius 1 is 1.13 bits per heavy atom. The second-order valence-electron chi connectivity index (χ2n) is 9.04. The Bertz CT molecular complexity index is 642. The number of piperidine rings is 1. The first-order chi connectivity index (χ1) is 14.5. The van der Waals surface area contributed by atoms with Crippen LogP contribution < -0.4 is 10.6 Å². The third-order valence-electron chi connectivity index (χ3n) is 6.25. The summed E-state index contributed by atoms with van der Waals surface area (Å²) in [5.41, 5.74) is 1.40. The van der Waals surface area contributed by atoms with Gasteiger partial charge in [0.1, 0.15) is 0 Å². The molecule has 1 aromatic rings. The highest BCUT2D eigenvalue weighted by Crippen LogP contribution is 2.20. The molecule has 4 atom stereocenters. The van der Waals surface area contributed by atoms with Crippen LogP contribution >= 0.6 is 0 Å². The minimum atomic E-state index is 0.339. The van der Waals surface area contributed by atoms with Crippen molar-refractivity contribution in [2.75, 3.05) is 39.8 Å². The molecule has 2 aliphatic rings. The summed E-state index contributed by atoms with van der Waals surface area (Å²) >= 11 is 0. The molecule has 0 amide bonds. The molecule has 2 aliphatic heterocycles. The lowest BCUT2D eigenvalue weighted by atomic mass is 9.97. The van der Waals surface area contributed by atoms with E-state index < -0.39 is 0 Å². The van der Waals surface area contributed by atoms with Gasteiger partial charge in [0.25, 0.3) is 0 Å². The molecule has 2 N–H and O–H groups in total. The number of hydrogen-bond acceptors (Lipinski definition) is 4. The van der Waals surface area contributed by atoms with Crippen LogP contribution in [-0.2, 0) is 11.3 Å². The van der Waals surface area contributed by atoms with Crippen molar-refractivity contribution in [2.45, 2.75) is 70.9 Å². The van der Waals surface area contributed by atoms with E-state index in [1.807, 2.05) is 7.05 Å². The topological polar surface area (TPSA) is 52.1 Å². The summed E-state index contributed by atoms with van der Waals surface area (Å²) in [7, 11) is 1.87. The van der Waals surface area contributed by atoms with Gasteiger partial charge in [-0.2, -0.15) is 0 Å². The quantitative estimate of drug-likeness (QED) is 0.407. The largest absolute Gasteiger partial charge is 0.373 e. The molecule has 30 heavy (non-hydrogen) atoms. The molecule has 0 aliphatic carbocycles. The van der Waals surface area contributed by atoms with Crippen molar-refractivity contribution in [1.82, 2.24) is 20.4 Å². The molecule has 0 aromatic heterocycles. The highest BCUT2D eigenvalue weighted by molar-refractivity contribution is 5.79. The van der Waals surface area contributed by atoms with Gasteiger partial charge in [-0.25, -0.2) is 0 Å². The van der Waals surface area contributed by atoms with E-state index in [1.54, 1.807) is 0 Å². The third kappa shape index (κ3) is 7.25. The van der Waals surface area contributed by atoms with Gasteiger partial charge in [0.15, 0.2) is 5.96 Å². The zero-order valence-corrected chi connectivity index (χ0v) is 19.3. The maximum absolute atomic E-state index is 5.82. The van der Waals surface area contributed by atoms with Crippen LogP contribution in [-0.4, -0.2) is 79.8 Å². The molecule has 1 aromatic carbocycles. The Kier molecular flexibility index (Phi) is 8.97. The van der Waals surface area contributed by atoms with Crippen LogP contribution in [0.25, 0.3) is 0 Å². The van der Waals surface area contributed by atoms with Crippen LogP contribution in [0, 0.1) is 0 Å². The second kappa shape index (κ2) is 11.7. The summed E-state index contributed by atoms with van der Waals surface area (Å²) in [4.78, 5) is 9.56. The molecule has 0 bridgehead atoms. The first kappa shape index (κ1) is 23.0. The summed E-state index contributed by atoms with van der Waals surface area (Å²) in [5, 5.41) is 7.16. The number of nitrogens with one attached hydrogen (secondary N) is 2. The van der Waals surface area contributed by atoms with Crippen LogP contribution in [0.1, 0.15) is 45.6 Å². The van der Waals surface area contributed by atoms with Gasteiger partial charge in [0.05, 0.1) is 12.2 Å². The van der Waals surface area contributed by atoms with E-state index in [2.05, 4.69) is 76.5 Å². The van der Waals surface area contributed by atoms with Crippen LogP contribution in [0.2, 0.25) is 0 Å². The van der Waals surface area contributed by atoms with Gasteiger partial charge in [-0.1, -0.05) is 30.3 Å². The van der Waals surface area contributed by atoms with Gasteiger partial charge >= 0.3 is 0 Å². The van der Waals surface area contributed by atoms with Crippen LogP contribution in [0.4, 0.5) is 0 Å². The van der Waals surface area contributed by atoms with Crippen molar-refractivity contribution in [1.29, 1.82) is 0 Å². The van der Waals surface area contributed by atoms with E-state index in [1.165, 1.54) is 5.56 Å². The van der Waals surface area contributed by atoms with Gasteiger partial charge in [-0.3, -0.25) is 14.8 Å². The summed E-state index contributed by atoms with van der Waals surface area (Å²) in [6.07, 6.45) is 4.10. The molecule has 2 heterocycles. The Morgan fingerprint density at radius 2 is 1.87 bits per heavy atom. The summed E-state index contributed by atoms with van der Waals surface area (Å²) in [5.74, 6) is 0.937.